The molecule has 0 N–H and O–H groups in total. The van der Waals surface area contributed by atoms with Gasteiger partial charge < -0.3 is 4.74 Å². The van der Waals surface area contributed by atoms with Crippen LogP contribution in [0.2, 0.25) is 0 Å². The highest BCUT2D eigenvalue weighted by atomic mass is 16.5. The Labute approximate surface area is 115 Å². The van der Waals surface area contributed by atoms with Gasteiger partial charge in [0.15, 0.2) is 0 Å². The standard InChI is InChI=1S/C9H12O2.C8H8/c1-4-6-8(3)9(10)11-7-5-2;1-2-8-6-4-3-5-7-8/h4-5H,1-3,6-7H2;2-7H,1H2. The van der Waals surface area contributed by atoms with E-state index >= 15 is 0 Å². The second-order valence-corrected chi connectivity index (χ2v) is 3.60. The summed E-state index contributed by atoms with van der Waals surface area (Å²) in [6.07, 6.45) is 5.42. The fourth-order valence-electron chi connectivity index (χ4n) is 1.08. The van der Waals surface area contributed by atoms with Crippen LogP contribution in [0.3, 0.4) is 0 Å². The van der Waals surface area contributed by atoms with Gasteiger partial charge >= 0.3 is 5.97 Å². The molecule has 1 aromatic carbocycles. The molecule has 0 amide bonds. The van der Waals surface area contributed by atoms with Crippen LogP contribution in [-0.4, -0.2) is 12.6 Å². The summed E-state index contributed by atoms with van der Waals surface area (Å²) in [5, 5.41) is 0. The maximum Gasteiger partial charge on any atom is 0.334 e. The first-order chi connectivity index (χ1) is 9.15. The van der Waals surface area contributed by atoms with Gasteiger partial charge in [0.1, 0.15) is 6.61 Å². The predicted molar refractivity (Wildman–Crippen MR) is 81.6 cm³/mol. The van der Waals surface area contributed by atoms with E-state index in [9.17, 15) is 4.79 Å². The van der Waals surface area contributed by atoms with Gasteiger partial charge in [-0.15, -0.1) is 6.58 Å². The van der Waals surface area contributed by atoms with Gasteiger partial charge in [0.2, 0.25) is 0 Å². The highest BCUT2D eigenvalue weighted by Crippen LogP contribution is 2.00. The first-order valence-electron chi connectivity index (χ1n) is 5.89. The van der Waals surface area contributed by atoms with Crippen LogP contribution in [0.15, 0.2) is 74.4 Å². The zero-order valence-corrected chi connectivity index (χ0v) is 11.2. The SMILES string of the molecule is C=CCOC(=O)C(=C)CC=C.C=Cc1ccccc1. The van der Waals surface area contributed by atoms with Crippen molar-refractivity contribution in [3.63, 3.8) is 0 Å². The number of benzene rings is 1. The van der Waals surface area contributed by atoms with Crippen molar-refractivity contribution in [2.75, 3.05) is 6.61 Å². The Morgan fingerprint density at radius 3 is 2.16 bits per heavy atom. The topological polar surface area (TPSA) is 26.3 Å². The van der Waals surface area contributed by atoms with Gasteiger partial charge in [-0.25, -0.2) is 4.79 Å². The monoisotopic (exact) mass is 256 g/mol. The summed E-state index contributed by atoms with van der Waals surface area (Å²) in [6.45, 7) is 14.3. The molecule has 0 atom stereocenters. The third-order valence-electron chi connectivity index (χ3n) is 2.05. The van der Waals surface area contributed by atoms with E-state index in [4.69, 9.17) is 4.74 Å². The van der Waals surface area contributed by atoms with Gasteiger partial charge in [-0.2, -0.15) is 0 Å². The minimum Gasteiger partial charge on any atom is -0.458 e. The van der Waals surface area contributed by atoms with Crippen molar-refractivity contribution in [3.8, 4) is 0 Å². The summed E-state index contributed by atoms with van der Waals surface area (Å²) < 4.78 is 4.70. The predicted octanol–water partition coefficient (Wildman–Crippen LogP) is 4.18. The first-order valence-corrected chi connectivity index (χ1v) is 5.89. The summed E-state index contributed by atoms with van der Waals surface area (Å²) in [5.41, 5.74) is 1.59. The first kappa shape index (κ1) is 16.7. The van der Waals surface area contributed by atoms with E-state index in [0.29, 0.717) is 12.0 Å². The fourth-order valence-corrected chi connectivity index (χ4v) is 1.08. The average molecular weight is 256 g/mol. The molecule has 1 aromatic rings. The van der Waals surface area contributed by atoms with Crippen LogP contribution in [0.1, 0.15) is 12.0 Å². The van der Waals surface area contributed by atoms with Crippen LogP contribution < -0.4 is 0 Å². The summed E-state index contributed by atoms with van der Waals surface area (Å²) in [6, 6.07) is 10.0. The zero-order chi connectivity index (χ0) is 14.5. The Bertz CT molecular complexity index is 430. The number of carbonyl (C=O) groups excluding carboxylic acids is 1. The Kier molecular flexibility index (Phi) is 9.45. The molecule has 0 bridgehead atoms. The Morgan fingerprint density at radius 2 is 1.74 bits per heavy atom. The number of carbonyl (C=O) groups is 1. The molecule has 0 aliphatic heterocycles. The van der Waals surface area contributed by atoms with Crippen LogP contribution in [0.5, 0.6) is 0 Å². The van der Waals surface area contributed by atoms with Crippen molar-refractivity contribution in [1.29, 1.82) is 0 Å². The number of esters is 1. The lowest BCUT2D eigenvalue weighted by Crippen LogP contribution is -2.06. The third-order valence-corrected chi connectivity index (χ3v) is 2.05. The quantitative estimate of drug-likeness (QED) is 0.433. The molecule has 0 radical (unpaired) electrons. The summed E-state index contributed by atoms with van der Waals surface area (Å²) in [4.78, 5) is 10.9. The smallest absolute Gasteiger partial charge is 0.334 e. The van der Waals surface area contributed by atoms with Crippen LogP contribution >= 0.6 is 0 Å². The van der Waals surface area contributed by atoms with Gasteiger partial charge in [0, 0.05) is 5.57 Å². The second-order valence-electron chi connectivity index (χ2n) is 3.60. The summed E-state index contributed by atoms with van der Waals surface area (Å²) in [5.74, 6) is -0.384. The number of rotatable bonds is 6. The molecule has 0 aromatic heterocycles. The number of allylic oxidation sites excluding steroid dienone is 1. The van der Waals surface area contributed by atoms with Gasteiger partial charge in [-0.05, 0) is 12.0 Å². The van der Waals surface area contributed by atoms with E-state index in [1.54, 1.807) is 6.08 Å². The minimum absolute atomic E-state index is 0.231. The van der Waals surface area contributed by atoms with Crippen molar-refractivity contribution < 1.29 is 9.53 Å². The number of ether oxygens (including phenoxy) is 1. The summed E-state index contributed by atoms with van der Waals surface area (Å²) in [7, 11) is 0. The van der Waals surface area contributed by atoms with Crippen molar-refractivity contribution in [2.24, 2.45) is 0 Å². The molecular weight excluding hydrogens is 236 g/mol. The molecule has 0 heterocycles. The van der Waals surface area contributed by atoms with E-state index < -0.39 is 0 Å². The van der Waals surface area contributed by atoms with E-state index in [1.807, 2.05) is 36.4 Å². The molecule has 0 unspecified atom stereocenters. The lowest BCUT2D eigenvalue weighted by atomic mass is 10.2. The molecular formula is C17H20O2. The molecule has 0 saturated heterocycles. The highest BCUT2D eigenvalue weighted by Gasteiger charge is 2.04. The lowest BCUT2D eigenvalue weighted by Gasteiger charge is -2.01. The third kappa shape index (κ3) is 8.38. The van der Waals surface area contributed by atoms with Gasteiger partial charge in [-0.1, -0.05) is 68.3 Å². The average Bonchev–Trinajstić information content (AvgIpc) is 2.46. The van der Waals surface area contributed by atoms with E-state index in [1.165, 1.54) is 11.6 Å². The van der Waals surface area contributed by atoms with E-state index in [2.05, 4.69) is 26.3 Å². The molecule has 0 saturated carbocycles. The second kappa shape index (κ2) is 10.8. The maximum absolute atomic E-state index is 10.9. The Hall–Kier alpha value is -2.35. The maximum atomic E-state index is 10.9. The van der Waals surface area contributed by atoms with Crippen LogP contribution in [0, 0.1) is 0 Å². The Balaban J connectivity index is 0.000000356. The molecule has 19 heavy (non-hydrogen) atoms. The molecule has 0 spiro atoms. The molecule has 100 valence electrons. The Morgan fingerprint density at radius 1 is 1.11 bits per heavy atom. The molecule has 2 nitrogen and oxygen atoms in total. The van der Waals surface area contributed by atoms with Crippen LogP contribution in [0.4, 0.5) is 0 Å². The molecule has 0 aliphatic carbocycles. The van der Waals surface area contributed by atoms with E-state index in [0.717, 1.165) is 0 Å². The molecule has 0 aliphatic rings. The lowest BCUT2D eigenvalue weighted by molar-refractivity contribution is -0.137. The normalized spacial score (nSPS) is 8.42. The number of hydrogen-bond acceptors (Lipinski definition) is 2. The largest absolute Gasteiger partial charge is 0.458 e. The van der Waals surface area contributed by atoms with E-state index in [-0.39, 0.29) is 12.6 Å². The van der Waals surface area contributed by atoms with Crippen molar-refractivity contribution in [1.82, 2.24) is 0 Å². The van der Waals surface area contributed by atoms with Crippen molar-refractivity contribution >= 4 is 12.0 Å². The molecule has 2 heteroatoms. The molecule has 0 fully saturated rings. The zero-order valence-electron chi connectivity index (χ0n) is 11.2. The number of hydrogen-bond donors (Lipinski definition) is 0. The van der Waals surface area contributed by atoms with Crippen LogP contribution in [-0.2, 0) is 9.53 Å². The van der Waals surface area contributed by atoms with Crippen molar-refractivity contribution in [2.45, 2.75) is 6.42 Å². The molecule has 1 rings (SSSR count). The highest BCUT2D eigenvalue weighted by molar-refractivity contribution is 5.87. The fraction of sp³-hybridized carbons (Fsp3) is 0.118. The minimum atomic E-state index is -0.384. The van der Waals surface area contributed by atoms with Gasteiger partial charge in [0.05, 0.1) is 0 Å². The van der Waals surface area contributed by atoms with Gasteiger partial charge in [0.25, 0.3) is 0 Å². The van der Waals surface area contributed by atoms with Gasteiger partial charge in [-0.3, -0.25) is 0 Å². The van der Waals surface area contributed by atoms with Crippen molar-refractivity contribution in [3.05, 3.63) is 79.9 Å². The summed E-state index contributed by atoms with van der Waals surface area (Å²) >= 11 is 0. The van der Waals surface area contributed by atoms with Crippen LogP contribution in [0.25, 0.3) is 6.08 Å².